The molecule has 2 heterocycles. The third-order valence-electron chi connectivity index (χ3n) is 2.71. The molecule has 1 aromatic heterocycles. The Morgan fingerprint density at radius 1 is 1.55 bits per heavy atom. The van der Waals surface area contributed by atoms with Crippen LogP contribution in [-0.4, -0.2) is 33.9 Å². The first-order valence-corrected chi connectivity index (χ1v) is 5.67. The smallest absolute Gasteiger partial charge is 0.366 e. The lowest BCUT2D eigenvalue weighted by atomic mass is 10.1. The number of ether oxygens (including phenoxy) is 1. The zero-order valence-corrected chi connectivity index (χ0v) is 10.8. The highest BCUT2D eigenvalue weighted by Gasteiger charge is 2.44. The number of carbonyl (C=O) groups is 2. The number of aromatic nitrogens is 1. The van der Waals surface area contributed by atoms with Crippen LogP contribution in [0.5, 0.6) is 5.75 Å². The van der Waals surface area contributed by atoms with E-state index >= 15 is 0 Å². The number of nitrogens with two attached hydrogens (primary N) is 1. The molecule has 0 saturated heterocycles. The van der Waals surface area contributed by atoms with Crippen LogP contribution in [-0.2, 0) is 9.59 Å². The van der Waals surface area contributed by atoms with Crippen molar-refractivity contribution in [2.75, 3.05) is 11.4 Å². The van der Waals surface area contributed by atoms with E-state index in [1.165, 1.54) is 19.9 Å². The van der Waals surface area contributed by atoms with Gasteiger partial charge in [-0.2, -0.15) is 0 Å². The Balaban J connectivity index is 2.56. The van der Waals surface area contributed by atoms with Gasteiger partial charge in [-0.1, -0.05) is 0 Å². The van der Waals surface area contributed by atoms with E-state index in [2.05, 4.69) is 4.98 Å². The molecule has 0 bridgehead atoms. The number of pyridine rings is 1. The van der Waals surface area contributed by atoms with Gasteiger partial charge in [0.15, 0.2) is 11.4 Å². The molecule has 0 unspecified atom stereocenters. The lowest BCUT2D eigenvalue weighted by molar-refractivity contribution is -0.389. The van der Waals surface area contributed by atoms with Crippen molar-refractivity contribution in [3.05, 3.63) is 22.2 Å². The van der Waals surface area contributed by atoms with Crippen LogP contribution in [0.1, 0.15) is 13.8 Å². The molecule has 1 aromatic rings. The Morgan fingerprint density at radius 2 is 2.20 bits per heavy atom. The van der Waals surface area contributed by atoms with E-state index in [0.717, 1.165) is 11.0 Å². The minimum absolute atomic E-state index is 0.0812. The van der Waals surface area contributed by atoms with Crippen molar-refractivity contribution in [2.45, 2.75) is 19.4 Å². The molecule has 0 fully saturated rings. The van der Waals surface area contributed by atoms with Gasteiger partial charge in [0.1, 0.15) is 6.54 Å². The summed E-state index contributed by atoms with van der Waals surface area (Å²) in [7, 11) is 0. The van der Waals surface area contributed by atoms with Crippen molar-refractivity contribution >= 4 is 23.5 Å². The number of hydrogen-bond donors (Lipinski definition) is 1. The highest BCUT2D eigenvalue weighted by atomic mass is 16.6. The fraction of sp³-hybridized carbons (Fsp3) is 0.364. The number of rotatable bonds is 3. The number of anilines is 1. The molecule has 1 aliphatic heterocycles. The lowest BCUT2D eigenvalue weighted by Gasteiger charge is -2.35. The summed E-state index contributed by atoms with van der Waals surface area (Å²) in [5.74, 6) is -1.65. The van der Waals surface area contributed by atoms with Gasteiger partial charge in [-0.15, -0.1) is 0 Å². The first kappa shape index (κ1) is 13.7. The third kappa shape index (κ3) is 2.25. The van der Waals surface area contributed by atoms with E-state index in [1.807, 2.05) is 0 Å². The molecule has 9 heteroatoms. The predicted molar refractivity (Wildman–Crippen MR) is 67.1 cm³/mol. The second-order valence-electron chi connectivity index (χ2n) is 4.72. The second-order valence-corrected chi connectivity index (χ2v) is 4.72. The van der Waals surface area contributed by atoms with Gasteiger partial charge in [0, 0.05) is 6.07 Å². The highest BCUT2D eigenvalue weighted by molar-refractivity contribution is 6.04. The fourth-order valence-electron chi connectivity index (χ4n) is 1.84. The van der Waals surface area contributed by atoms with Crippen LogP contribution in [0.15, 0.2) is 12.1 Å². The van der Waals surface area contributed by atoms with Gasteiger partial charge >= 0.3 is 5.82 Å². The molecule has 0 saturated carbocycles. The van der Waals surface area contributed by atoms with E-state index in [9.17, 15) is 19.7 Å². The summed E-state index contributed by atoms with van der Waals surface area (Å²) in [6.07, 6.45) is 0. The number of nitro groups is 1. The average molecular weight is 280 g/mol. The number of primary amides is 1. The normalized spacial score (nSPS) is 16.3. The molecule has 2 N–H and O–H groups in total. The Morgan fingerprint density at radius 3 is 2.75 bits per heavy atom. The van der Waals surface area contributed by atoms with Gasteiger partial charge in [-0.3, -0.25) is 14.5 Å². The maximum Gasteiger partial charge on any atom is 0.366 e. The zero-order chi connectivity index (χ0) is 15.1. The van der Waals surface area contributed by atoms with Gasteiger partial charge in [-0.25, -0.2) is 0 Å². The Hall–Kier alpha value is -2.71. The maximum atomic E-state index is 12.2. The minimum atomic E-state index is -1.21. The second kappa shape index (κ2) is 4.44. The Labute approximate surface area is 113 Å². The van der Waals surface area contributed by atoms with Crippen LogP contribution >= 0.6 is 0 Å². The third-order valence-corrected chi connectivity index (χ3v) is 2.71. The molecule has 20 heavy (non-hydrogen) atoms. The van der Waals surface area contributed by atoms with Crippen LogP contribution in [0.25, 0.3) is 0 Å². The quantitative estimate of drug-likeness (QED) is 0.611. The fourth-order valence-corrected chi connectivity index (χ4v) is 1.84. The number of nitrogens with zero attached hydrogens (tertiary/aromatic N) is 3. The SMILES string of the molecule is CC1(C)Oc2ccc([N+](=O)[O-])nc2N(CC(N)=O)C1=O. The van der Waals surface area contributed by atoms with Crippen molar-refractivity contribution in [3.63, 3.8) is 0 Å². The van der Waals surface area contributed by atoms with Gasteiger partial charge in [0.25, 0.3) is 11.7 Å². The standard InChI is InChI=1S/C11H12N4O5/c1-11(2)10(17)14(5-7(12)16)9-6(20-11)3-4-8(13-9)15(18)19/h3-4H,5H2,1-2H3,(H2,12,16). The zero-order valence-electron chi connectivity index (χ0n) is 10.8. The van der Waals surface area contributed by atoms with Crippen LogP contribution in [0.3, 0.4) is 0 Å². The summed E-state index contributed by atoms with van der Waals surface area (Å²) >= 11 is 0. The van der Waals surface area contributed by atoms with Crippen LogP contribution in [0.4, 0.5) is 11.6 Å². The summed E-state index contributed by atoms with van der Waals surface area (Å²) in [4.78, 5) is 38.0. The van der Waals surface area contributed by atoms with Crippen molar-refractivity contribution in [2.24, 2.45) is 5.73 Å². The number of carbonyl (C=O) groups excluding carboxylic acids is 2. The molecule has 1 aliphatic rings. The van der Waals surface area contributed by atoms with E-state index in [-0.39, 0.29) is 11.6 Å². The number of amides is 2. The number of fused-ring (bicyclic) bond motifs is 1. The number of hydrogen-bond acceptors (Lipinski definition) is 6. The van der Waals surface area contributed by atoms with Crippen molar-refractivity contribution in [1.82, 2.24) is 4.98 Å². The summed E-state index contributed by atoms with van der Waals surface area (Å²) in [6, 6.07) is 2.50. The monoisotopic (exact) mass is 280 g/mol. The van der Waals surface area contributed by atoms with Crippen molar-refractivity contribution in [1.29, 1.82) is 0 Å². The van der Waals surface area contributed by atoms with Crippen LogP contribution in [0, 0.1) is 10.1 Å². The molecule has 0 radical (unpaired) electrons. The van der Waals surface area contributed by atoms with Crippen LogP contribution < -0.4 is 15.4 Å². The first-order chi connectivity index (χ1) is 9.22. The molecule has 2 rings (SSSR count). The largest absolute Gasteiger partial charge is 0.472 e. The topological polar surface area (TPSA) is 129 Å². The first-order valence-electron chi connectivity index (χ1n) is 5.67. The van der Waals surface area contributed by atoms with E-state index in [4.69, 9.17) is 10.5 Å². The van der Waals surface area contributed by atoms with Gasteiger partial charge < -0.3 is 20.6 Å². The molecule has 106 valence electrons. The Kier molecular flexibility index (Phi) is 3.04. The average Bonchev–Trinajstić information content (AvgIpc) is 2.33. The van der Waals surface area contributed by atoms with E-state index in [1.54, 1.807) is 0 Å². The minimum Gasteiger partial charge on any atom is -0.472 e. The Bertz CT molecular complexity index is 613. The molecule has 0 atom stereocenters. The van der Waals surface area contributed by atoms with Gasteiger partial charge in [0.2, 0.25) is 5.91 Å². The molecule has 9 nitrogen and oxygen atoms in total. The molecule has 0 aromatic carbocycles. The van der Waals surface area contributed by atoms with Crippen molar-refractivity contribution in [3.8, 4) is 5.75 Å². The van der Waals surface area contributed by atoms with Crippen LogP contribution in [0.2, 0.25) is 0 Å². The summed E-state index contributed by atoms with van der Waals surface area (Å²) in [6.45, 7) is 2.62. The molecular weight excluding hydrogens is 268 g/mol. The van der Waals surface area contributed by atoms with E-state index < -0.39 is 34.7 Å². The molecule has 2 amide bonds. The molecular formula is C11H12N4O5. The molecule has 0 spiro atoms. The summed E-state index contributed by atoms with van der Waals surface area (Å²) in [5, 5.41) is 10.7. The molecule has 0 aliphatic carbocycles. The van der Waals surface area contributed by atoms with E-state index in [0.29, 0.717) is 0 Å². The van der Waals surface area contributed by atoms with Gasteiger partial charge in [-0.05, 0) is 29.8 Å². The highest BCUT2D eigenvalue weighted by Crippen LogP contribution is 2.37. The van der Waals surface area contributed by atoms with Gasteiger partial charge in [0.05, 0.1) is 0 Å². The summed E-state index contributed by atoms with van der Waals surface area (Å²) in [5.41, 5.74) is 3.89. The maximum absolute atomic E-state index is 12.2. The lowest BCUT2D eigenvalue weighted by Crippen LogP contribution is -2.54. The van der Waals surface area contributed by atoms with Crippen molar-refractivity contribution < 1.29 is 19.2 Å². The predicted octanol–water partition coefficient (Wildman–Crippen LogP) is -0.0209. The summed E-state index contributed by atoms with van der Waals surface area (Å²) < 4.78 is 5.45.